The van der Waals surface area contributed by atoms with Crippen LogP contribution in [0.1, 0.15) is 15.9 Å². The van der Waals surface area contributed by atoms with Gasteiger partial charge in [-0.2, -0.15) is 0 Å². The average molecular weight is 348 g/mol. The number of ketones is 2. The second-order valence-electron chi connectivity index (χ2n) is 6.20. The number of nitrogens with one attached hydrogen (secondary N) is 1. The van der Waals surface area contributed by atoms with Gasteiger partial charge in [0.15, 0.2) is 16.6 Å². The lowest BCUT2D eigenvalue weighted by atomic mass is 9.73. The Labute approximate surface area is 147 Å². The maximum absolute atomic E-state index is 12.8. The van der Waals surface area contributed by atoms with Crippen molar-refractivity contribution in [2.24, 2.45) is 5.92 Å². The van der Waals surface area contributed by atoms with E-state index in [0.717, 1.165) is 11.1 Å². The number of fused-ring (bicyclic) bond motifs is 3. The van der Waals surface area contributed by atoms with Gasteiger partial charge in [-0.3, -0.25) is 14.4 Å². The highest BCUT2D eigenvalue weighted by Crippen LogP contribution is 2.38. The van der Waals surface area contributed by atoms with Gasteiger partial charge in [0.1, 0.15) is 0 Å². The van der Waals surface area contributed by atoms with Crippen molar-refractivity contribution >= 4 is 17.5 Å². The molecule has 1 amide bonds. The summed E-state index contributed by atoms with van der Waals surface area (Å²) in [6, 6.07) is 7.31. The zero-order valence-electron chi connectivity index (χ0n) is 13.4. The smallest absolute Gasteiger partial charge is 0.293 e. The van der Waals surface area contributed by atoms with Crippen LogP contribution in [-0.2, 0) is 16.0 Å². The number of carbonyl (C=O) groups is 3. The average Bonchev–Trinajstić information content (AvgIpc) is 2.60. The highest BCUT2D eigenvalue weighted by atomic mass is 16.7. The molecule has 1 aromatic rings. The van der Waals surface area contributed by atoms with Crippen LogP contribution in [0, 0.1) is 16.0 Å². The number of Topliss-reactive ketones (excluding diaryl/α,β-unsaturated/α-hetero) is 2. The van der Waals surface area contributed by atoms with Crippen LogP contribution in [0.25, 0.3) is 0 Å². The molecule has 0 heterocycles. The number of hydrogen-bond donors (Lipinski definition) is 1. The highest BCUT2D eigenvalue weighted by molar-refractivity contribution is 6.23. The summed E-state index contributed by atoms with van der Waals surface area (Å²) < 4.78 is 0. The van der Waals surface area contributed by atoms with Crippen LogP contribution in [-0.4, -0.2) is 22.5 Å². The Morgan fingerprint density at radius 1 is 1.19 bits per heavy atom. The van der Waals surface area contributed by atoms with Crippen LogP contribution in [0.15, 0.2) is 70.9 Å². The summed E-state index contributed by atoms with van der Waals surface area (Å²) in [4.78, 5) is 47.7. The lowest BCUT2D eigenvalue weighted by Gasteiger charge is -2.28. The third kappa shape index (κ3) is 2.41. The van der Waals surface area contributed by atoms with Crippen LogP contribution in [0.5, 0.6) is 0 Å². The number of nitro groups is 1. The Bertz CT molecular complexity index is 1030. The van der Waals surface area contributed by atoms with Crippen LogP contribution in [0.2, 0.25) is 0 Å². The van der Waals surface area contributed by atoms with E-state index in [2.05, 4.69) is 0 Å². The lowest BCUT2D eigenvalue weighted by Crippen LogP contribution is -2.36. The van der Waals surface area contributed by atoms with Gasteiger partial charge < -0.3 is 0 Å². The van der Waals surface area contributed by atoms with Crippen molar-refractivity contribution in [2.75, 3.05) is 0 Å². The minimum atomic E-state index is -1.07. The lowest BCUT2D eigenvalue weighted by molar-refractivity contribution is -0.529. The second kappa shape index (κ2) is 5.73. The zero-order valence-corrected chi connectivity index (χ0v) is 13.4. The summed E-state index contributed by atoms with van der Waals surface area (Å²) in [5.41, 5.74) is 4.67. The first kappa shape index (κ1) is 15.9. The standard InChI is InChI=1S/C19H12N2O5/c22-17-13-4-2-1-3-10(13)7-12-8-11-5-6-14(19(24)20-21(25)26)18(23)15(11)9-16(12)17/h1-6,8-9,15H,7H2,(H,20,24). The van der Waals surface area contributed by atoms with E-state index >= 15 is 0 Å². The summed E-state index contributed by atoms with van der Waals surface area (Å²) in [6.45, 7) is 0. The maximum atomic E-state index is 12.8. The van der Waals surface area contributed by atoms with Crippen LogP contribution >= 0.6 is 0 Å². The number of hydrogen-bond acceptors (Lipinski definition) is 5. The van der Waals surface area contributed by atoms with E-state index in [1.54, 1.807) is 30.4 Å². The van der Waals surface area contributed by atoms with Gasteiger partial charge in [0, 0.05) is 11.1 Å². The topological polar surface area (TPSA) is 106 Å². The molecular formula is C19H12N2O5. The largest absolute Gasteiger partial charge is 0.314 e. The predicted molar refractivity (Wildman–Crippen MR) is 90.4 cm³/mol. The van der Waals surface area contributed by atoms with Crippen molar-refractivity contribution in [1.29, 1.82) is 0 Å². The molecule has 3 aliphatic rings. The molecule has 26 heavy (non-hydrogen) atoms. The van der Waals surface area contributed by atoms with Gasteiger partial charge in [-0.25, -0.2) is 10.1 Å². The summed E-state index contributed by atoms with van der Waals surface area (Å²) in [6.07, 6.45) is 6.82. The van der Waals surface area contributed by atoms with Gasteiger partial charge in [-0.1, -0.05) is 47.9 Å². The van der Waals surface area contributed by atoms with E-state index in [-0.39, 0.29) is 11.4 Å². The van der Waals surface area contributed by atoms with Crippen molar-refractivity contribution in [3.63, 3.8) is 0 Å². The molecule has 4 rings (SSSR count). The normalized spacial score (nSPS) is 20.5. The molecule has 0 aliphatic heterocycles. The fourth-order valence-corrected chi connectivity index (χ4v) is 3.49. The van der Waals surface area contributed by atoms with Crippen molar-refractivity contribution in [1.82, 2.24) is 5.43 Å². The number of benzene rings is 1. The van der Waals surface area contributed by atoms with Crippen LogP contribution in [0.3, 0.4) is 0 Å². The number of rotatable bonds is 2. The minimum Gasteiger partial charge on any atom is -0.293 e. The van der Waals surface area contributed by atoms with Crippen molar-refractivity contribution in [3.05, 3.63) is 92.1 Å². The first-order valence-electron chi connectivity index (χ1n) is 7.92. The molecular weight excluding hydrogens is 336 g/mol. The number of hydrazine groups is 1. The molecule has 1 unspecified atom stereocenters. The van der Waals surface area contributed by atoms with Gasteiger partial charge in [0.2, 0.25) is 0 Å². The van der Waals surface area contributed by atoms with Gasteiger partial charge in [-0.15, -0.1) is 0 Å². The van der Waals surface area contributed by atoms with E-state index in [1.807, 2.05) is 12.1 Å². The SMILES string of the molecule is O=C(N[N+](=O)[O-])C1=CC=C2C=C3Cc4ccccc4C(=O)C3=CC2C1=O. The van der Waals surface area contributed by atoms with E-state index in [4.69, 9.17) is 0 Å². The molecule has 7 heteroatoms. The van der Waals surface area contributed by atoms with Gasteiger partial charge in [0.25, 0.3) is 0 Å². The molecule has 1 atom stereocenters. The van der Waals surface area contributed by atoms with E-state index < -0.39 is 22.6 Å². The van der Waals surface area contributed by atoms with Crippen molar-refractivity contribution in [3.8, 4) is 0 Å². The molecule has 0 radical (unpaired) electrons. The summed E-state index contributed by atoms with van der Waals surface area (Å²) >= 11 is 0. The number of amides is 1. The van der Waals surface area contributed by atoms with Crippen molar-refractivity contribution in [2.45, 2.75) is 6.42 Å². The van der Waals surface area contributed by atoms with Gasteiger partial charge in [-0.05, 0) is 29.2 Å². The number of allylic oxidation sites excluding steroid dienone is 7. The summed E-state index contributed by atoms with van der Waals surface area (Å²) in [5.74, 6) is -2.57. The molecule has 0 spiro atoms. The van der Waals surface area contributed by atoms with E-state index in [0.29, 0.717) is 23.1 Å². The maximum Gasteiger partial charge on any atom is 0.314 e. The number of carbonyl (C=O) groups excluding carboxylic acids is 3. The predicted octanol–water partition coefficient (Wildman–Crippen LogP) is 1.65. The molecule has 0 saturated heterocycles. The Morgan fingerprint density at radius 3 is 2.73 bits per heavy atom. The number of nitrogens with zero attached hydrogens (tertiary/aromatic N) is 1. The van der Waals surface area contributed by atoms with Gasteiger partial charge in [0.05, 0.1) is 11.5 Å². The molecule has 0 aromatic heterocycles. The quantitative estimate of drug-likeness (QED) is 0.497. The first-order chi connectivity index (χ1) is 12.5. The Kier molecular flexibility index (Phi) is 3.50. The minimum absolute atomic E-state index is 0.157. The molecule has 128 valence electrons. The third-order valence-corrected chi connectivity index (χ3v) is 4.69. The zero-order chi connectivity index (χ0) is 18.4. The first-order valence-corrected chi connectivity index (χ1v) is 7.92. The Balaban J connectivity index is 1.74. The third-order valence-electron chi connectivity index (χ3n) is 4.69. The highest BCUT2D eigenvalue weighted by Gasteiger charge is 2.36. The molecule has 7 nitrogen and oxygen atoms in total. The molecule has 1 N–H and O–H groups in total. The molecule has 0 bridgehead atoms. The Morgan fingerprint density at radius 2 is 1.96 bits per heavy atom. The van der Waals surface area contributed by atoms with E-state index in [1.165, 1.54) is 11.5 Å². The molecule has 3 aliphatic carbocycles. The molecule has 1 aromatic carbocycles. The molecule has 0 saturated carbocycles. The summed E-state index contributed by atoms with van der Waals surface area (Å²) in [7, 11) is 0. The fraction of sp³-hybridized carbons (Fsp3) is 0.105. The Hall–Kier alpha value is -3.61. The fourth-order valence-electron chi connectivity index (χ4n) is 3.49. The van der Waals surface area contributed by atoms with Crippen LogP contribution < -0.4 is 5.43 Å². The van der Waals surface area contributed by atoms with E-state index in [9.17, 15) is 24.5 Å². The van der Waals surface area contributed by atoms with Gasteiger partial charge >= 0.3 is 5.91 Å². The second-order valence-corrected chi connectivity index (χ2v) is 6.20. The van der Waals surface area contributed by atoms with Crippen LogP contribution in [0.4, 0.5) is 0 Å². The molecule has 0 fully saturated rings. The monoisotopic (exact) mass is 348 g/mol. The van der Waals surface area contributed by atoms with Crippen molar-refractivity contribution < 1.29 is 19.4 Å². The summed E-state index contributed by atoms with van der Waals surface area (Å²) in [5, 5.41) is 9.44.